The standard InChI is InChI=1S/C14H15FN2O3/c15-10-2-1-3-11(7-10)16-13(19)14(20)17-12-5-4-9(6-12)8-18/h1-5,7,9,12,18H,6,8H2,(H,16,19)(H,17,20)/t9-,12+/m0/s1. The minimum Gasteiger partial charge on any atom is -0.396 e. The Hall–Kier alpha value is -2.21. The Labute approximate surface area is 115 Å². The van der Waals surface area contributed by atoms with E-state index in [-0.39, 0.29) is 24.3 Å². The van der Waals surface area contributed by atoms with E-state index in [0.29, 0.717) is 6.42 Å². The Morgan fingerprint density at radius 1 is 1.30 bits per heavy atom. The summed E-state index contributed by atoms with van der Waals surface area (Å²) in [5.41, 5.74) is 0.223. The molecule has 6 heteroatoms. The molecule has 0 heterocycles. The second kappa shape index (κ2) is 6.29. The van der Waals surface area contributed by atoms with Crippen LogP contribution in [0.4, 0.5) is 10.1 Å². The Bertz CT molecular complexity index is 545. The molecule has 0 unspecified atom stereocenters. The van der Waals surface area contributed by atoms with Gasteiger partial charge in [0.1, 0.15) is 5.82 Å². The number of nitrogens with one attached hydrogen (secondary N) is 2. The van der Waals surface area contributed by atoms with Gasteiger partial charge in [0.15, 0.2) is 0 Å². The lowest BCUT2D eigenvalue weighted by Crippen LogP contribution is -2.40. The van der Waals surface area contributed by atoms with Crippen LogP contribution in [-0.4, -0.2) is 29.6 Å². The maximum Gasteiger partial charge on any atom is 0.313 e. The molecule has 1 aliphatic carbocycles. The van der Waals surface area contributed by atoms with E-state index in [4.69, 9.17) is 5.11 Å². The molecule has 2 amide bonds. The van der Waals surface area contributed by atoms with Crippen LogP contribution in [0, 0.1) is 11.7 Å². The monoisotopic (exact) mass is 278 g/mol. The van der Waals surface area contributed by atoms with Gasteiger partial charge in [0, 0.05) is 24.3 Å². The molecule has 3 N–H and O–H groups in total. The molecule has 0 fully saturated rings. The third-order valence-corrected chi connectivity index (χ3v) is 3.01. The van der Waals surface area contributed by atoms with E-state index in [0.717, 1.165) is 6.07 Å². The molecule has 0 saturated heterocycles. The fourth-order valence-electron chi connectivity index (χ4n) is 2.01. The number of hydrogen-bond donors (Lipinski definition) is 3. The Morgan fingerprint density at radius 2 is 2.10 bits per heavy atom. The maximum atomic E-state index is 12.9. The van der Waals surface area contributed by atoms with Crippen LogP contribution in [-0.2, 0) is 9.59 Å². The number of aliphatic hydroxyl groups is 1. The molecule has 1 aromatic carbocycles. The summed E-state index contributed by atoms with van der Waals surface area (Å²) in [5, 5.41) is 13.8. The van der Waals surface area contributed by atoms with E-state index >= 15 is 0 Å². The van der Waals surface area contributed by atoms with Crippen LogP contribution in [0.1, 0.15) is 6.42 Å². The third kappa shape index (κ3) is 3.64. The second-order valence-electron chi connectivity index (χ2n) is 4.61. The summed E-state index contributed by atoms with van der Waals surface area (Å²) in [5.74, 6) is -2.13. The molecule has 106 valence electrons. The third-order valence-electron chi connectivity index (χ3n) is 3.01. The van der Waals surface area contributed by atoms with Gasteiger partial charge in [0.05, 0.1) is 0 Å². The molecular formula is C14H15FN2O3. The molecule has 5 nitrogen and oxygen atoms in total. The number of benzene rings is 1. The Morgan fingerprint density at radius 3 is 2.75 bits per heavy atom. The van der Waals surface area contributed by atoms with Gasteiger partial charge in [0.2, 0.25) is 0 Å². The van der Waals surface area contributed by atoms with E-state index in [9.17, 15) is 14.0 Å². The van der Waals surface area contributed by atoms with Crippen molar-refractivity contribution in [2.24, 2.45) is 5.92 Å². The number of anilines is 1. The van der Waals surface area contributed by atoms with Crippen molar-refractivity contribution >= 4 is 17.5 Å². The van der Waals surface area contributed by atoms with Gasteiger partial charge in [-0.05, 0) is 24.6 Å². The number of amides is 2. The zero-order valence-electron chi connectivity index (χ0n) is 10.7. The minimum atomic E-state index is -0.851. The molecule has 1 aromatic rings. The van der Waals surface area contributed by atoms with E-state index in [1.807, 2.05) is 0 Å². The lowest BCUT2D eigenvalue weighted by molar-refractivity contribution is -0.136. The Balaban J connectivity index is 1.87. The summed E-state index contributed by atoms with van der Waals surface area (Å²) in [4.78, 5) is 23.3. The van der Waals surface area contributed by atoms with Crippen molar-refractivity contribution in [2.45, 2.75) is 12.5 Å². The molecule has 1 aliphatic rings. The molecule has 0 radical (unpaired) electrons. The van der Waals surface area contributed by atoms with Gasteiger partial charge in [-0.3, -0.25) is 9.59 Å². The quantitative estimate of drug-likeness (QED) is 0.566. The summed E-state index contributed by atoms with van der Waals surface area (Å²) < 4.78 is 12.9. The zero-order valence-corrected chi connectivity index (χ0v) is 10.7. The molecule has 0 saturated carbocycles. The average Bonchev–Trinajstić information content (AvgIpc) is 2.86. The van der Waals surface area contributed by atoms with Crippen molar-refractivity contribution < 1.29 is 19.1 Å². The highest BCUT2D eigenvalue weighted by atomic mass is 19.1. The molecule has 0 aliphatic heterocycles. The first-order valence-corrected chi connectivity index (χ1v) is 6.25. The summed E-state index contributed by atoms with van der Waals surface area (Å²) in [7, 11) is 0. The predicted molar refractivity (Wildman–Crippen MR) is 71.3 cm³/mol. The molecule has 2 rings (SSSR count). The van der Waals surface area contributed by atoms with Crippen LogP contribution in [0.2, 0.25) is 0 Å². The second-order valence-corrected chi connectivity index (χ2v) is 4.61. The van der Waals surface area contributed by atoms with E-state index < -0.39 is 17.6 Å². The van der Waals surface area contributed by atoms with Crippen molar-refractivity contribution in [1.82, 2.24) is 5.32 Å². The van der Waals surface area contributed by atoms with Gasteiger partial charge in [-0.2, -0.15) is 0 Å². The number of rotatable bonds is 3. The van der Waals surface area contributed by atoms with Gasteiger partial charge in [-0.1, -0.05) is 18.2 Å². The first-order chi connectivity index (χ1) is 9.58. The maximum absolute atomic E-state index is 12.9. The highest BCUT2D eigenvalue weighted by Crippen LogP contribution is 2.17. The molecular weight excluding hydrogens is 263 g/mol. The van der Waals surface area contributed by atoms with Crippen LogP contribution < -0.4 is 10.6 Å². The van der Waals surface area contributed by atoms with Crippen molar-refractivity contribution in [3.63, 3.8) is 0 Å². The van der Waals surface area contributed by atoms with Crippen LogP contribution >= 0.6 is 0 Å². The van der Waals surface area contributed by atoms with Gasteiger partial charge < -0.3 is 15.7 Å². The first kappa shape index (κ1) is 14.2. The molecule has 20 heavy (non-hydrogen) atoms. The fraction of sp³-hybridized carbons (Fsp3) is 0.286. The number of halogens is 1. The van der Waals surface area contributed by atoms with Crippen LogP contribution in [0.3, 0.4) is 0 Å². The minimum absolute atomic E-state index is 0.00609. The van der Waals surface area contributed by atoms with Crippen molar-refractivity contribution in [3.8, 4) is 0 Å². The zero-order chi connectivity index (χ0) is 14.5. The Kier molecular flexibility index (Phi) is 4.47. The van der Waals surface area contributed by atoms with Crippen molar-refractivity contribution in [1.29, 1.82) is 0 Å². The number of carbonyl (C=O) groups excluding carboxylic acids is 2. The molecule has 0 bridgehead atoms. The summed E-state index contributed by atoms with van der Waals surface area (Å²) in [6.07, 6.45) is 4.11. The van der Waals surface area contributed by atoms with Gasteiger partial charge in [-0.25, -0.2) is 4.39 Å². The lowest BCUT2D eigenvalue weighted by atomic mass is 10.1. The summed E-state index contributed by atoms with van der Waals surface area (Å²) in [6, 6.07) is 5.04. The van der Waals surface area contributed by atoms with Crippen molar-refractivity contribution in [3.05, 3.63) is 42.2 Å². The smallest absolute Gasteiger partial charge is 0.313 e. The first-order valence-electron chi connectivity index (χ1n) is 6.25. The van der Waals surface area contributed by atoms with Crippen LogP contribution in [0.25, 0.3) is 0 Å². The normalized spacial score (nSPS) is 20.7. The summed E-state index contributed by atoms with van der Waals surface area (Å²) >= 11 is 0. The van der Waals surface area contributed by atoms with Crippen LogP contribution in [0.5, 0.6) is 0 Å². The van der Waals surface area contributed by atoms with E-state index in [1.54, 1.807) is 12.2 Å². The predicted octanol–water partition coefficient (Wildman–Crippen LogP) is 0.817. The largest absolute Gasteiger partial charge is 0.396 e. The highest BCUT2D eigenvalue weighted by molar-refractivity contribution is 6.39. The topological polar surface area (TPSA) is 78.4 Å². The van der Waals surface area contributed by atoms with Gasteiger partial charge >= 0.3 is 11.8 Å². The van der Waals surface area contributed by atoms with Gasteiger partial charge in [-0.15, -0.1) is 0 Å². The van der Waals surface area contributed by atoms with E-state index in [1.165, 1.54) is 18.2 Å². The summed E-state index contributed by atoms with van der Waals surface area (Å²) in [6.45, 7) is 0.0123. The van der Waals surface area contributed by atoms with Crippen molar-refractivity contribution in [2.75, 3.05) is 11.9 Å². The number of aliphatic hydroxyl groups excluding tert-OH is 1. The molecule has 0 spiro atoms. The number of carbonyl (C=O) groups is 2. The molecule has 2 atom stereocenters. The number of hydrogen-bond acceptors (Lipinski definition) is 3. The highest BCUT2D eigenvalue weighted by Gasteiger charge is 2.22. The molecule has 0 aromatic heterocycles. The fourth-order valence-corrected chi connectivity index (χ4v) is 2.01. The van der Waals surface area contributed by atoms with Gasteiger partial charge in [0.25, 0.3) is 0 Å². The van der Waals surface area contributed by atoms with E-state index in [2.05, 4.69) is 10.6 Å². The average molecular weight is 278 g/mol. The SMILES string of the molecule is O=C(Nc1cccc(F)c1)C(=O)N[C@@H]1C=C[C@H](CO)C1. The lowest BCUT2D eigenvalue weighted by Gasteiger charge is -2.12. The van der Waals surface area contributed by atoms with Crippen LogP contribution in [0.15, 0.2) is 36.4 Å².